The number of esters is 1. The molecule has 3 aromatic rings. The first-order chi connectivity index (χ1) is 24.6. The number of benzene rings is 3. The summed E-state index contributed by atoms with van der Waals surface area (Å²) in [6.07, 6.45) is -2.59. The quantitative estimate of drug-likeness (QED) is 0.112. The van der Waals surface area contributed by atoms with Crippen molar-refractivity contribution in [2.75, 3.05) is 6.61 Å². The lowest BCUT2D eigenvalue weighted by atomic mass is 9.96. The van der Waals surface area contributed by atoms with E-state index in [0.717, 1.165) is 16.7 Å². The summed E-state index contributed by atoms with van der Waals surface area (Å²) < 4.78 is 56.4. The predicted octanol–water partition coefficient (Wildman–Crippen LogP) is 6.65. The Balaban J connectivity index is 1.18. The number of hydrogen-bond donors (Lipinski definition) is 0. The van der Waals surface area contributed by atoms with Crippen LogP contribution < -0.4 is 0 Å². The van der Waals surface area contributed by atoms with Gasteiger partial charge in [-0.05, 0) is 50.8 Å². The van der Waals surface area contributed by atoms with Crippen molar-refractivity contribution in [2.24, 2.45) is 0 Å². The fraction of sp³-hybridized carbons (Fsp3) is 0.488. The predicted molar refractivity (Wildman–Crippen MR) is 188 cm³/mol. The number of carbonyl (C=O) groups excluding carboxylic acids is 1. The molecule has 8 atom stereocenters. The highest BCUT2D eigenvalue weighted by Crippen LogP contribution is 2.45. The van der Waals surface area contributed by atoms with Crippen LogP contribution in [-0.2, 0) is 67.2 Å². The third-order valence-electron chi connectivity index (χ3n) is 9.05. The van der Waals surface area contributed by atoms with Gasteiger partial charge in [0.1, 0.15) is 30.5 Å². The normalized spacial score (nSPS) is 26.4. The average Bonchev–Trinajstić information content (AvgIpc) is 3.63. The molecule has 10 nitrogen and oxygen atoms in total. The minimum atomic E-state index is -0.841. The first-order valence-electron chi connectivity index (χ1n) is 17.7. The summed E-state index contributed by atoms with van der Waals surface area (Å²) in [5.41, 5.74) is 2.96. The Kier molecular flexibility index (Phi) is 12.4. The van der Waals surface area contributed by atoms with E-state index in [4.69, 9.17) is 42.6 Å². The maximum Gasteiger partial charge on any atom is 0.306 e. The van der Waals surface area contributed by atoms with Gasteiger partial charge in [0.15, 0.2) is 24.0 Å². The highest BCUT2D eigenvalue weighted by Gasteiger charge is 2.60. The Morgan fingerprint density at radius 1 is 0.725 bits per heavy atom. The summed E-state index contributed by atoms with van der Waals surface area (Å²) in [6, 6.07) is 29.5. The number of hydrogen-bond acceptors (Lipinski definition) is 10. The molecule has 0 N–H and O–H groups in total. The molecule has 274 valence electrons. The zero-order valence-electron chi connectivity index (χ0n) is 29.9. The van der Waals surface area contributed by atoms with E-state index in [1.807, 2.05) is 119 Å². The molecular weight excluding hydrogens is 652 g/mol. The first kappa shape index (κ1) is 37.3. The lowest BCUT2D eigenvalue weighted by Crippen LogP contribution is -2.55. The number of fused-ring (bicyclic) bond motifs is 3. The van der Waals surface area contributed by atoms with E-state index in [0.29, 0.717) is 19.6 Å². The van der Waals surface area contributed by atoms with Gasteiger partial charge < -0.3 is 42.6 Å². The Bertz CT molecular complexity index is 1530. The summed E-state index contributed by atoms with van der Waals surface area (Å²) in [5.74, 6) is -2.12. The maximum atomic E-state index is 13.8. The van der Waals surface area contributed by atoms with Crippen LogP contribution in [0, 0.1) is 0 Å². The molecule has 0 amide bonds. The summed E-state index contributed by atoms with van der Waals surface area (Å²) in [5, 5.41) is 0. The lowest BCUT2D eigenvalue weighted by molar-refractivity contribution is -0.235. The monoisotopic (exact) mass is 702 g/mol. The minimum Gasteiger partial charge on any atom is -0.457 e. The second-order valence-electron chi connectivity index (χ2n) is 14.0. The molecule has 0 unspecified atom stereocenters. The van der Waals surface area contributed by atoms with Gasteiger partial charge in [0, 0.05) is 6.42 Å². The molecule has 6 rings (SSSR count). The van der Waals surface area contributed by atoms with Crippen LogP contribution in [0.1, 0.15) is 57.2 Å². The van der Waals surface area contributed by atoms with Crippen LogP contribution in [0.5, 0.6) is 0 Å². The van der Waals surface area contributed by atoms with Gasteiger partial charge in [-0.1, -0.05) is 97.1 Å². The highest BCUT2D eigenvalue weighted by atomic mass is 16.9. The molecule has 3 saturated heterocycles. The number of ether oxygens (including phenoxy) is 9. The van der Waals surface area contributed by atoms with E-state index in [-0.39, 0.29) is 19.6 Å². The van der Waals surface area contributed by atoms with Gasteiger partial charge in [0.2, 0.25) is 0 Å². The van der Waals surface area contributed by atoms with Crippen molar-refractivity contribution < 1.29 is 47.4 Å². The fourth-order valence-corrected chi connectivity index (χ4v) is 6.72. The molecule has 0 spiro atoms. The van der Waals surface area contributed by atoms with E-state index < -0.39 is 66.6 Å². The van der Waals surface area contributed by atoms with E-state index in [1.54, 1.807) is 6.08 Å². The van der Waals surface area contributed by atoms with Crippen molar-refractivity contribution in [3.05, 3.63) is 120 Å². The van der Waals surface area contributed by atoms with E-state index in [1.165, 1.54) is 0 Å². The molecule has 3 fully saturated rings. The van der Waals surface area contributed by atoms with Crippen LogP contribution in [0.15, 0.2) is 104 Å². The van der Waals surface area contributed by atoms with E-state index in [2.05, 4.69) is 6.58 Å². The molecule has 51 heavy (non-hydrogen) atoms. The molecule has 0 saturated carbocycles. The van der Waals surface area contributed by atoms with Gasteiger partial charge >= 0.3 is 5.97 Å². The van der Waals surface area contributed by atoms with Gasteiger partial charge in [-0.3, -0.25) is 4.79 Å². The molecule has 3 heterocycles. The van der Waals surface area contributed by atoms with Gasteiger partial charge in [-0.25, -0.2) is 0 Å². The average molecular weight is 703 g/mol. The number of carbonyl (C=O) groups is 1. The van der Waals surface area contributed by atoms with Crippen LogP contribution in [0.4, 0.5) is 0 Å². The van der Waals surface area contributed by atoms with E-state index in [9.17, 15) is 4.79 Å². The zero-order valence-corrected chi connectivity index (χ0v) is 29.9. The maximum absolute atomic E-state index is 13.8. The smallest absolute Gasteiger partial charge is 0.306 e. The largest absolute Gasteiger partial charge is 0.457 e. The summed E-state index contributed by atoms with van der Waals surface area (Å²) in [7, 11) is 0. The third kappa shape index (κ3) is 10.1. The minimum absolute atomic E-state index is 0.0452. The second-order valence-corrected chi connectivity index (χ2v) is 14.0. The summed E-state index contributed by atoms with van der Waals surface area (Å²) in [6.45, 7) is 12.4. The molecular formula is C41H50O10. The van der Waals surface area contributed by atoms with Crippen LogP contribution in [-0.4, -0.2) is 73.2 Å². The van der Waals surface area contributed by atoms with Gasteiger partial charge in [0.25, 0.3) is 0 Å². The molecule has 0 aromatic heterocycles. The van der Waals surface area contributed by atoms with Crippen molar-refractivity contribution in [3.8, 4) is 0 Å². The fourth-order valence-electron chi connectivity index (χ4n) is 6.72. The standard InChI is InChI=1S/C41H50O10/c1-6-31(44-25-29-18-12-8-13-19-29)35(45-26-30-20-14-9-15-21-30)33(27-43-24-28-16-10-7-11-17-28)46-34(42)23-22-32-36-37(49-40(2,3)48-36)38-39(47-32)51-41(4,5)50-38/h6-21,31-33,35-39H,1,22-27H2,2-5H3/t31-,32+,33+,35+,36-,37-,38+,39+/m0/s1. The van der Waals surface area contributed by atoms with Crippen LogP contribution in [0.2, 0.25) is 0 Å². The molecule has 0 radical (unpaired) electrons. The van der Waals surface area contributed by atoms with Gasteiger partial charge in [0.05, 0.1) is 32.5 Å². The highest BCUT2D eigenvalue weighted by molar-refractivity contribution is 5.69. The second kappa shape index (κ2) is 16.9. The molecule has 0 aliphatic carbocycles. The molecule has 3 aromatic carbocycles. The Hall–Kier alpha value is -3.45. The van der Waals surface area contributed by atoms with E-state index >= 15 is 0 Å². The van der Waals surface area contributed by atoms with Crippen LogP contribution >= 0.6 is 0 Å². The molecule has 3 aliphatic heterocycles. The summed E-state index contributed by atoms with van der Waals surface area (Å²) in [4.78, 5) is 13.8. The van der Waals surface area contributed by atoms with Crippen molar-refractivity contribution in [3.63, 3.8) is 0 Å². The lowest BCUT2D eigenvalue weighted by Gasteiger charge is -2.37. The molecule has 10 heteroatoms. The van der Waals surface area contributed by atoms with Crippen molar-refractivity contribution in [2.45, 2.75) is 121 Å². The van der Waals surface area contributed by atoms with Crippen LogP contribution in [0.3, 0.4) is 0 Å². The number of rotatable bonds is 17. The Morgan fingerprint density at radius 3 is 1.86 bits per heavy atom. The van der Waals surface area contributed by atoms with Crippen molar-refractivity contribution in [1.29, 1.82) is 0 Å². The summed E-state index contributed by atoms with van der Waals surface area (Å²) >= 11 is 0. The SMILES string of the molecule is C=C[C@H](OCc1ccccc1)[C@@H](OCc1ccccc1)[C@@H](COCc1ccccc1)OC(=O)CC[C@H]1O[C@@H]2OC(C)(C)O[C@@H]2[C@H]2OC(C)(C)O[C@H]21. The Morgan fingerprint density at radius 2 is 1.25 bits per heavy atom. The Labute approximate surface area is 300 Å². The first-order valence-corrected chi connectivity index (χ1v) is 17.7. The topological polar surface area (TPSA) is 100 Å². The van der Waals surface area contributed by atoms with Gasteiger partial charge in [-0.2, -0.15) is 0 Å². The third-order valence-corrected chi connectivity index (χ3v) is 9.05. The van der Waals surface area contributed by atoms with Crippen LogP contribution in [0.25, 0.3) is 0 Å². The zero-order chi connectivity index (χ0) is 35.8. The van der Waals surface area contributed by atoms with Crippen molar-refractivity contribution in [1.82, 2.24) is 0 Å². The van der Waals surface area contributed by atoms with Gasteiger partial charge in [-0.15, -0.1) is 6.58 Å². The molecule has 3 aliphatic rings. The molecule has 0 bridgehead atoms. The van der Waals surface area contributed by atoms with Crippen molar-refractivity contribution >= 4 is 5.97 Å².